The lowest BCUT2D eigenvalue weighted by Crippen LogP contribution is -2.45. The molecular weight excluding hydrogens is 480 g/mol. The lowest BCUT2D eigenvalue weighted by atomic mass is 10.1. The van der Waals surface area contributed by atoms with Crippen molar-refractivity contribution in [2.75, 3.05) is 6.61 Å². The monoisotopic (exact) mass is 514 g/mol. The number of halogens is 1. The molecule has 0 saturated carbocycles. The molecule has 0 spiro atoms. The van der Waals surface area contributed by atoms with Gasteiger partial charge < -0.3 is 19.5 Å². The van der Waals surface area contributed by atoms with Crippen molar-refractivity contribution in [2.45, 2.75) is 64.4 Å². The molecule has 0 fully saturated rings. The van der Waals surface area contributed by atoms with E-state index in [1.807, 2.05) is 47.0 Å². The maximum absolute atomic E-state index is 11.4. The van der Waals surface area contributed by atoms with Gasteiger partial charge in [0.15, 0.2) is 8.32 Å². The minimum atomic E-state index is -2.00. The second-order valence-corrected chi connectivity index (χ2v) is 15.4. The summed E-state index contributed by atoms with van der Waals surface area (Å²) in [6, 6.07) is 13.3. The Bertz CT molecular complexity index is 1130. The summed E-state index contributed by atoms with van der Waals surface area (Å²) in [5.41, 5.74) is 7.43. The third-order valence-corrected chi connectivity index (χ3v) is 11.1. The predicted octanol–water partition coefficient (Wildman–Crippen LogP) is 5.95. The minimum Gasteiger partial charge on any atom is -0.478 e. The van der Waals surface area contributed by atoms with E-state index < -0.39 is 14.2 Å². The Balaban J connectivity index is 1.62. The molecule has 2 N–H and O–H groups in total. The van der Waals surface area contributed by atoms with E-state index in [1.54, 1.807) is 12.5 Å². The van der Waals surface area contributed by atoms with Crippen molar-refractivity contribution in [3.05, 3.63) is 65.7 Å². The minimum absolute atomic E-state index is 0.0391. The normalized spacial score (nSPS) is 13.0. The molecule has 3 rings (SSSR count). The molecule has 188 valence electrons. The summed E-state index contributed by atoms with van der Waals surface area (Å²) >= 11 is 5.99. The molecule has 7 nitrogen and oxygen atoms in total. The number of benzene rings is 1. The van der Waals surface area contributed by atoms with Gasteiger partial charge in [-0.1, -0.05) is 50.6 Å². The largest absolute Gasteiger partial charge is 0.478 e. The molecule has 3 aromatic rings. The number of rotatable bonds is 11. The van der Waals surface area contributed by atoms with E-state index in [1.165, 1.54) is 0 Å². The predicted molar refractivity (Wildman–Crippen MR) is 142 cm³/mol. The number of carbonyl (C=O) groups excluding carboxylic acids is 1. The number of amides is 1. The van der Waals surface area contributed by atoms with Crippen molar-refractivity contribution in [1.29, 1.82) is 0 Å². The highest BCUT2D eigenvalue weighted by molar-refractivity contribution is 6.74. The lowest BCUT2D eigenvalue weighted by molar-refractivity contribution is 0.0995. The van der Waals surface area contributed by atoms with Crippen LogP contribution >= 0.6 is 11.6 Å². The summed E-state index contributed by atoms with van der Waals surface area (Å²) in [5, 5.41) is 0.776. The average Bonchev–Trinajstić information content (AvgIpc) is 3.25. The van der Waals surface area contributed by atoms with E-state index in [9.17, 15) is 4.79 Å². The van der Waals surface area contributed by atoms with E-state index >= 15 is 0 Å². The van der Waals surface area contributed by atoms with Gasteiger partial charge in [0.2, 0.25) is 5.88 Å². The van der Waals surface area contributed by atoms with E-state index in [4.69, 9.17) is 26.5 Å². The van der Waals surface area contributed by atoms with Gasteiger partial charge in [0, 0.05) is 29.4 Å². The number of imidazole rings is 1. The van der Waals surface area contributed by atoms with Gasteiger partial charge in [0.05, 0.1) is 24.7 Å². The molecular formula is C26H35ClN4O3Si. The van der Waals surface area contributed by atoms with Gasteiger partial charge in [0.1, 0.15) is 5.69 Å². The first-order chi connectivity index (χ1) is 16.4. The number of pyridine rings is 1. The lowest BCUT2D eigenvalue weighted by Gasteiger charge is -2.39. The van der Waals surface area contributed by atoms with Crippen LogP contribution in [0.4, 0.5) is 0 Å². The molecule has 1 atom stereocenters. The topological polar surface area (TPSA) is 92.3 Å². The third-order valence-electron chi connectivity index (χ3n) is 6.35. The summed E-state index contributed by atoms with van der Waals surface area (Å²) in [5.74, 6) is 0.0485. The third kappa shape index (κ3) is 7.65. The van der Waals surface area contributed by atoms with Gasteiger partial charge in [0.25, 0.3) is 5.91 Å². The zero-order valence-electron chi connectivity index (χ0n) is 21.1. The van der Waals surface area contributed by atoms with Crippen molar-refractivity contribution < 1.29 is 14.0 Å². The molecule has 1 aromatic carbocycles. The van der Waals surface area contributed by atoms with Crippen LogP contribution in [0.25, 0.3) is 11.3 Å². The summed E-state index contributed by atoms with van der Waals surface area (Å²) in [7, 11) is -2.00. The Labute approximate surface area is 213 Å². The van der Waals surface area contributed by atoms with Crippen LogP contribution in [0.2, 0.25) is 23.2 Å². The molecule has 0 aliphatic carbocycles. The van der Waals surface area contributed by atoms with Crippen molar-refractivity contribution >= 4 is 25.8 Å². The standard InChI is InChI=1S/C26H35ClN4O3Si/c1-26(2,3)35(4,5)34-21(16-31-17-23(25(28)32)29-18-31)8-7-15-33-24-10-6-9-22(30-24)19-11-13-20(27)14-12-19/h6,9-14,17-18,21H,7-8,15-16H2,1-5H3,(H2,28,32)/t21-/m0/s1. The highest BCUT2D eigenvalue weighted by Crippen LogP contribution is 2.38. The number of nitrogens with two attached hydrogens (primary N) is 1. The first-order valence-corrected chi connectivity index (χ1v) is 15.1. The Morgan fingerprint density at radius 3 is 2.51 bits per heavy atom. The molecule has 9 heteroatoms. The Morgan fingerprint density at radius 2 is 1.89 bits per heavy atom. The molecule has 35 heavy (non-hydrogen) atoms. The van der Waals surface area contributed by atoms with E-state index in [-0.39, 0.29) is 16.8 Å². The number of carbonyl (C=O) groups is 1. The highest BCUT2D eigenvalue weighted by Gasteiger charge is 2.39. The Hall–Kier alpha value is -2.68. The van der Waals surface area contributed by atoms with Crippen molar-refractivity contribution in [3.63, 3.8) is 0 Å². The SMILES string of the molecule is CC(C)(C)[Si](C)(C)O[C@@H](CCCOc1cccc(-c2ccc(Cl)cc2)n1)Cn1cnc(C(N)=O)c1. The average molecular weight is 515 g/mol. The van der Waals surface area contributed by atoms with Crippen LogP contribution in [0.3, 0.4) is 0 Å². The zero-order valence-corrected chi connectivity index (χ0v) is 22.9. The summed E-state index contributed by atoms with van der Waals surface area (Å²) in [4.78, 5) is 20.1. The molecule has 0 aliphatic heterocycles. The van der Waals surface area contributed by atoms with Crippen LogP contribution in [-0.4, -0.2) is 41.5 Å². The zero-order chi connectivity index (χ0) is 25.6. The van der Waals surface area contributed by atoms with E-state index in [0.29, 0.717) is 24.1 Å². The van der Waals surface area contributed by atoms with Crippen LogP contribution in [0, 0.1) is 0 Å². The quantitative estimate of drug-likeness (QED) is 0.252. The van der Waals surface area contributed by atoms with Crippen LogP contribution in [0.1, 0.15) is 44.1 Å². The van der Waals surface area contributed by atoms with E-state index in [0.717, 1.165) is 24.1 Å². The van der Waals surface area contributed by atoms with Crippen LogP contribution in [-0.2, 0) is 11.0 Å². The Morgan fingerprint density at radius 1 is 1.17 bits per heavy atom. The first kappa shape index (κ1) is 26.9. The van der Waals surface area contributed by atoms with Crippen molar-refractivity contribution in [1.82, 2.24) is 14.5 Å². The molecule has 0 radical (unpaired) electrons. The smallest absolute Gasteiger partial charge is 0.268 e. The maximum atomic E-state index is 11.4. The summed E-state index contributed by atoms with van der Waals surface area (Å²) in [6.07, 6.45) is 4.86. The van der Waals surface area contributed by atoms with Crippen LogP contribution < -0.4 is 10.5 Å². The second-order valence-electron chi connectivity index (χ2n) is 10.2. The molecule has 1 amide bonds. The van der Waals surface area contributed by atoms with Gasteiger partial charge >= 0.3 is 0 Å². The summed E-state index contributed by atoms with van der Waals surface area (Å²) in [6.45, 7) is 12.3. The maximum Gasteiger partial charge on any atom is 0.268 e. The fourth-order valence-electron chi connectivity index (χ4n) is 3.37. The van der Waals surface area contributed by atoms with Gasteiger partial charge in [-0.25, -0.2) is 9.97 Å². The molecule has 0 bridgehead atoms. The number of hydrogen-bond acceptors (Lipinski definition) is 5. The van der Waals surface area contributed by atoms with Crippen molar-refractivity contribution in [2.24, 2.45) is 5.73 Å². The van der Waals surface area contributed by atoms with Gasteiger partial charge in [-0.3, -0.25) is 4.79 Å². The number of nitrogens with zero attached hydrogens (tertiary/aromatic N) is 3. The number of primary amides is 1. The number of aromatic nitrogens is 3. The fourth-order valence-corrected chi connectivity index (χ4v) is 4.87. The fraction of sp³-hybridized carbons (Fsp3) is 0.423. The van der Waals surface area contributed by atoms with Gasteiger partial charge in [-0.15, -0.1) is 0 Å². The van der Waals surface area contributed by atoms with Gasteiger partial charge in [-0.2, -0.15) is 0 Å². The molecule has 0 aliphatic rings. The van der Waals surface area contributed by atoms with E-state index in [2.05, 4.69) is 43.8 Å². The molecule has 2 aromatic heterocycles. The number of hydrogen-bond donors (Lipinski definition) is 1. The number of ether oxygens (including phenoxy) is 1. The molecule has 0 saturated heterocycles. The Kier molecular flexibility index (Phi) is 8.74. The molecule has 0 unspecified atom stereocenters. The van der Waals surface area contributed by atoms with Crippen LogP contribution in [0.15, 0.2) is 55.0 Å². The second kappa shape index (κ2) is 11.4. The van der Waals surface area contributed by atoms with Gasteiger partial charge in [-0.05, 0) is 49.2 Å². The molecule has 2 heterocycles. The van der Waals surface area contributed by atoms with Crippen molar-refractivity contribution in [3.8, 4) is 17.1 Å². The first-order valence-electron chi connectivity index (χ1n) is 11.8. The summed E-state index contributed by atoms with van der Waals surface area (Å²) < 4.78 is 14.5. The highest BCUT2D eigenvalue weighted by atomic mass is 35.5. The van der Waals surface area contributed by atoms with Crippen LogP contribution in [0.5, 0.6) is 5.88 Å².